The van der Waals surface area contributed by atoms with Crippen LogP contribution in [0, 0.1) is 5.41 Å². The van der Waals surface area contributed by atoms with Crippen LogP contribution >= 0.6 is 0 Å². The summed E-state index contributed by atoms with van der Waals surface area (Å²) in [6.07, 6.45) is -3.15. The lowest BCUT2D eigenvalue weighted by molar-refractivity contribution is -0.152. The Bertz CT molecular complexity index is 220. The highest BCUT2D eigenvalue weighted by atomic mass is 19.4. The second-order valence-electron chi connectivity index (χ2n) is 5.35. The van der Waals surface area contributed by atoms with Crippen LogP contribution in [-0.2, 0) is 0 Å². The van der Waals surface area contributed by atoms with Gasteiger partial charge in [-0.15, -0.1) is 0 Å². The molecule has 0 aromatic heterocycles. The average molecular weight is 238 g/mol. The summed E-state index contributed by atoms with van der Waals surface area (Å²) in [6, 6.07) is -0.0703. The summed E-state index contributed by atoms with van der Waals surface area (Å²) in [5.41, 5.74) is -0.0183. The number of hydrogen-bond acceptors (Lipinski definition) is 2. The molecule has 1 unspecified atom stereocenters. The Hall–Kier alpha value is -0.290. The maximum absolute atomic E-state index is 12.4. The van der Waals surface area contributed by atoms with Crippen molar-refractivity contribution >= 4 is 0 Å². The molecule has 1 aliphatic rings. The van der Waals surface area contributed by atoms with Gasteiger partial charge in [-0.05, 0) is 32.2 Å². The van der Waals surface area contributed by atoms with Crippen LogP contribution in [0.5, 0.6) is 0 Å². The Balaban J connectivity index is 2.57. The summed E-state index contributed by atoms with van der Waals surface area (Å²) in [5.74, 6) is 0. The first kappa shape index (κ1) is 13.8. The van der Waals surface area contributed by atoms with Crippen molar-refractivity contribution < 1.29 is 13.2 Å². The van der Waals surface area contributed by atoms with Crippen molar-refractivity contribution in [3.63, 3.8) is 0 Å². The number of halogens is 3. The van der Waals surface area contributed by atoms with Crippen LogP contribution in [-0.4, -0.2) is 43.3 Å². The topological polar surface area (TPSA) is 15.3 Å². The minimum absolute atomic E-state index is 0.0183. The van der Waals surface area contributed by atoms with E-state index < -0.39 is 12.7 Å². The molecule has 1 fully saturated rings. The predicted octanol–water partition coefficient (Wildman–Crippen LogP) is 2.26. The van der Waals surface area contributed by atoms with E-state index in [2.05, 4.69) is 12.2 Å². The molecule has 0 bridgehead atoms. The van der Waals surface area contributed by atoms with Gasteiger partial charge >= 0.3 is 6.18 Å². The van der Waals surface area contributed by atoms with Crippen LogP contribution in [0.3, 0.4) is 0 Å². The first-order chi connectivity index (χ1) is 7.22. The molecule has 0 radical (unpaired) electrons. The lowest BCUT2D eigenvalue weighted by Gasteiger charge is -2.35. The number of alkyl halides is 3. The highest BCUT2D eigenvalue weighted by molar-refractivity contribution is 4.87. The van der Waals surface area contributed by atoms with Gasteiger partial charge in [-0.3, -0.25) is 4.90 Å². The van der Waals surface area contributed by atoms with Gasteiger partial charge in [0.05, 0.1) is 6.54 Å². The van der Waals surface area contributed by atoms with E-state index in [-0.39, 0.29) is 11.5 Å². The summed E-state index contributed by atoms with van der Waals surface area (Å²) in [4.78, 5) is 1.52. The SMILES string of the molecule is CC(C)N(CC(F)(F)F)CC1(C)CCNC1. The van der Waals surface area contributed by atoms with E-state index in [9.17, 15) is 13.2 Å². The molecule has 1 saturated heterocycles. The Labute approximate surface area is 95.2 Å². The van der Waals surface area contributed by atoms with Gasteiger partial charge in [0.2, 0.25) is 0 Å². The van der Waals surface area contributed by atoms with Crippen molar-refractivity contribution in [2.75, 3.05) is 26.2 Å². The number of nitrogens with zero attached hydrogens (tertiary/aromatic N) is 1. The summed E-state index contributed by atoms with van der Waals surface area (Å²) >= 11 is 0. The van der Waals surface area contributed by atoms with Gasteiger partial charge in [-0.2, -0.15) is 13.2 Å². The third kappa shape index (κ3) is 4.29. The van der Waals surface area contributed by atoms with E-state index in [1.165, 1.54) is 4.90 Å². The lowest BCUT2D eigenvalue weighted by Crippen LogP contribution is -2.45. The van der Waals surface area contributed by atoms with Gasteiger partial charge < -0.3 is 5.32 Å². The van der Waals surface area contributed by atoms with Crippen molar-refractivity contribution in [1.82, 2.24) is 10.2 Å². The van der Waals surface area contributed by atoms with Gasteiger partial charge in [0, 0.05) is 19.1 Å². The fourth-order valence-corrected chi connectivity index (χ4v) is 2.15. The molecule has 1 heterocycles. The minimum Gasteiger partial charge on any atom is -0.316 e. The molecule has 0 aromatic rings. The van der Waals surface area contributed by atoms with Crippen LogP contribution in [0.25, 0.3) is 0 Å². The molecule has 0 amide bonds. The minimum atomic E-state index is -4.10. The lowest BCUT2D eigenvalue weighted by atomic mass is 9.89. The van der Waals surface area contributed by atoms with E-state index >= 15 is 0 Å². The van der Waals surface area contributed by atoms with Crippen LogP contribution < -0.4 is 5.32 Å². The smallest absolute Gasteiger partial charge is 0.316 e. The summed E-state index contributed by atoms with van der Waals surface area (Å²) in [6.45, 7) is 7.12. The standard InChI is InChI=1S/C11H21F3N2/c1-9(2)16(8-11(12,13)14)7-10(3)4-5-15-6-10/h9,15H,4-8H2,1-3H3. The maximum Gasteiger partial charge on any atom is 0.401 e. The third-order valence-corrected chi connectivity index (χ3v) is 3.15. The van der Waals surface area contributed by atoms with E-state index in [1.807, 2.05) is 13.8 Å². The normalized spacial score (nSPS) is 27.0. The monoisotopic (exact) mass is 238 g/mol. The summed E-state index contributed by atoms with van der Waals surface area (Å²) < 4.78 is 37.2. The first-order valence-electron chi connectivity index (χ1n) is 5.73. The molecule has 1 atom stereocenters. The van der Waals surface area contributed by atoms with Crippen LogP contribution in [0.4, 0.5) is 13.2 Å². The van der Waals surface area contributed by atoms with Crippen LogP contribution in [0.15, 0.2) is 0 Å². The molecule has 96 valence electrons. The van der Waals surface area contributed by atoms with Crippen LogP contribution in [0.2, 0.25) is 0 Å². The van der Waals surface area contributed by atoms with Crippen molar-refractivity contribution in [3.8, 4) is 0 Å². The van der Waals surface area contributed by atoms with Crippen molar-refractivity contribution in [1.29, 1.82) is 0 Å². The predicted molar refractivity (Wildman–Crippen MR) is 58.4 cm³/mol. The molecule has 2 nitrogen and oxygen atoms in total. The van der Waals surface area contributed by atoms with Gasteiger partial charge in [-0.1, -0.05) is 6.92 Å². The second-order valence-corrected chi connectivity index (χ2v) is 5.35. The van der Waals surface area contributed by atoms with Crippen molar-refractivity contribution in [2.24, 2.45) is 5.41 Å². The molecule has 0 saturated carbocycles. The highest BCUT2D eigenvalue weighted by Gasteiger charge is 2.37. The molecule has 5 heteroatoms. The van der Waals surface area contributed by atoms with E-state index in [0.717, 1.165) is 19.5 Å². The number of nitrogens with one attached hydrogen (secondary N) is 1. The Morgan fingerprint density at radius 2 is 2.00 bits per heavy atom. The van der Waals surface area contributed by atoms with Crippen LogP contribution in [0.1, 0.15) is 27.2 Å². The molecule has 1 N–H and O–H groups in total. The van der Waals surface area contributed by atoms with Crippen molar-refractivity contribution in [3.05, 3.63) is 0 Å². The van der Waals surface area contributed by atoms with Gasteiger partial charge in [0.1, 0.15) is 0 Å². The average Bonchev–Trinajstić information content (AvgIpc) is 2.48. The van der Waals surface area contributed by atoms with Gasteiger partial charge in [-0.25, -0.2) is 0 Å². The number of rotatable bonds is 4. The number of hydrogen-bond donors (Lipinski definition) is 1. The fraction of sp³-hybridized carbons (Fsp3) is 1.00. The fourth-order valence-electron chi connectivity index (χ4n) is 2.15. The molecular weight excluding hydrogens is 217 g/mol. The third-order valence-electron chi connectivity index (χ3n) is 3.15. The first-order valence-corrected chi connectivity index (χ1v) is 5.73. The van der Waals surface area contributed by atoms with E-state index in [1.54, 1.807) is 0 Å². The van der Waals surface area contributed by atoms with Gasteiger partial charge in [0.25, 0.3) is 0 Å². The van der Waals surface area contributed by atoms with E-state index in [4.69, 9.17) is 0 Å². The maximum atomic E-state index is 12.4. The quantitative estimate of drug-likeness (QED) is 0.808. The van der Waals surface area contributed by atoms with E-state index in [0.29, 0.717) is 6.54 Å². The Morgan fingerprint density at radius 3 is 2.38 bits per heavy atom. The summed E-state index contributed by atoms with van der Waals surface area (Å²) in [5, 5.41) is 3.21. The zero-order valence-corrected chi connectivity index (χ0v) is 10.2. The molecule has 1 rings (SSSR count). The zero-order valence-electron chi connectivity index (χ0n) is 10.2. The van der Waals surface area contributed by atoms with Crippen molar-refractivity contribution in [2.45, 2.75) is 39.4 Å². The second kappa shape index (κ2) is 4.92. The molecule has 1 aliphatic heterocycles. The highest BCUT2D eigenvalue weighted by Crippen LogP contribution is 2.28. The van der Waals surface area contributed by atoms with Gasteiger partial charge in [0.15, 0.2) is 0 Å². The zero-order chi connectivity index (χ0) is 12.4. The molecule has 0 aromatic carbocycles. The summed E-state index contributed by atoms with van der Waals surface area (Å²) in [7, 11) is 0. The Kier molecular flexibility index (Phi) is 4.23. The molecule has 16 heavy (non-hydrogen) atoms. The Morgan fingerprint density at radius 1 is 1.38 bits per heavy atom. The molecular formula is C11H21F3N2. The molecule has 0 spiro atoms. The largest absolute Gasteiger partial charge is 0.401 e. The molecule has 0 aliphatic carbocycles.